The van der Waals surface area contributed by atoms with Crippen molar-refractivity contribution in [2.24, 2.45) is 22.7 Å². The fourth-order valence-corrected chi connectivity index (χ4v) is 7.51. The highest BCUT2D eigenvalue weighted by Gasteiger charge is 2.59. The third kappa shape index (κ3) is 5.91. The lowest BCUT2D eigenvalue weighted by Gasteiger charge is -2.61. The van der Waals surface area contributed by atoms with Crippen molar-refractivity contribution in [3.63, 3.8) is 0 Å². The first kappa shape index (κ1) is 31.8. The van der Waals surface area contributed by atoms with Gasteiger partial charge in [0.2, 0.25) is 5.91 Å². The highest BCUT2D eigenvalue weighted by molar-refractivity contribution is 5.96. The number of aliphatic hydroxyl groups excluding tert-OH is 2. The normalized spacial score (nSPS) is 34.2. The van der Waals surface area contributed by atoms with Crippen LogP contribution in [0.25, 0.3) is 6.08 Å². The molecule has 2 aliphatic carbocycles. The molecular formula is C32H43N5O7. The maximum absolute atomic E-state index is 13.3. The van der Waals surface area contributed by atoms with Crippen molar-refractivity contribution >= 4 is 23.9 Å². The summed E-state index contributed by atoms with van der Waals surface area (Å²) in [4.78, 5) is 46.3. The summed E-state index contributed by atoms with van der Waals surface area (Å²) in [5, 5.41) is 25.2. The number of carbonyl (C=O) groups excluding carboxylic acids is 2. The number of nitrogen functional groups attached to an aromatic ring is 1. The standard InChI is InChI=1S/C32H43N5O7/c1-18-23(6-5-20-13-22(44-29(20)42)14-21-16-34-30(33)36-27(21)40)31(3)8-7-26(39)32(4,17-38)25(31)15-24(18)35-19(2)28(41)37-9-11-43-12-10-37/h5-6,13-14,16,19,23-26,35,38-39H,1,7-12,15,17H2,2-4H3,(H3,33,34,36,40)/t19?,23?,24?,25?,26-,31-,32+/m1/s1. The lowest BCUT2D eigenvalue weighted by atomic mass is 9.45. The number of H-pyrrole nitrogens is 1. The number of nitrogens with zero attached hydrogens (tertiary/aromatic N) is 2. The van der Waals surface area contributed by atoms with Crippen LogP contribution < -0.4 is 16.6 Å². The van der Waals surface area contributed by atoms with Gasteiger partial charge in [-0.1, -0.05) is 38.2 Å². The van der Waals surface area contributed by atoms with Gasteiger partial charge in [-0.25, -0.2) is 9.78 Å². The Balaban J connectivity index is 1.44. The lowest BCUT2D eigenvalue weighted by Crippen LogP contribution is -2.62. The van der Waals surface area contributed by atoms with E-state index in [1.54, 1.807) is 17.1 Å². The molecule has 0 bridgehead atoms. The molecule has 1 amide bonds. The Morgan fingerprint density at radius 2 is 2.07 bits per heavy atom. The number of amides is 1. The fraction of sp³-hybridized carbons (Fsp3) is 0.562. The number of morpholine rings is 1. The van der Waals surface area contributed by atoms with Crippen LogP contribution in [0.15, 0.2) is 52.7 Å². The molecule has 1 aromatic heterocycles. The van der Waals surface area contributed by atoms with Gasteiger partial charge >= 0.3 is 5.97 Å². The molecule has 5 rings (SSSR count). The second-order valence-electron chi connectivity index (χ2n) is 12.9. The number of hydrogen-bond donors (Lipinski definition) is 5. The number of nitrogens with two attached hydrogens (primary N) is 1. The van der Waals surface area contributed by atoms with Crippen molar-refractivity contribution in [2.75, 3.05) is 38.6 Å². The van der Waals surface area contributed by atoms with Crippen LogP contribution in [0.2, 0.25) is 0 Å². The molecule has 1 aromatic rings. The molecular weight excluding hydrogens is 566 g/mol. The third-order valence-corrected chi connectivity index (χ3v) is 10.2. The molecule has 2 saturated carbocycles. The predicted octanol–water partition coefficient (Wildman–Crippen LogP) is 1.29. The minimum Gasteiger partial charge on any atom is -0.423 e. The summed E-state index contributed by atoms with van der Waals surface area (Å²) < 4.78 is 10.8. The first-order valence-corrected chi connectivity index (χ1v) is 15.2. The Morgan fingerprint density at radius 1 is 1.34 bits per heavy atom. The van der Waals surface area contributed by atoms with Crippen LogP contribution in [0.5, 0.6) is 0 Å². The SMILES string of the molecule is C=C1C(NC(C)C(=O)N2CCOCC2)CC2[C@](C)(CC[C@@H](O)[C@@]2(C)CO)C1C=CC1=CC(=Cc2cnc(N)[nH]c2=O)OC1=O. The smallest absolute Gasteiger partial charge is 0.343 e. The van der Waals surface area contributed by atoms with Crippen LogP contribution >= 0.6 is 0 Å². The third-order valence-electron chi connectivity index (χ3n) is 10.2. The van der Waals surface area contributed by atoms with E-state index in [0.717, 1.165) is 5.57 Å². The summed E-state index contributed by atoms with van der Waals surface area (Å²) in [5.74, 6) is -0.746. The number of aromatic nitrogens is 2. The van der Waals surface area contributed by atoms with Gasteiger partial charge in [-0.05, 0) is 49.7 Å². The topological polar surface area (TPSA) is 180 Å². The average Bonchev–Trinajstić information content (AvgIpc) is 3.36. The average molecular weight is 610 g/mol. The number of nitrogens with one attached hydrogen (secondary N) is 2. The van der Waals surface area contributed by atoms with Crippen molar-refractivity contribution in [1.82, 2.24) is 20.2 Å². The Kier molecular flexibility index (Phi) is 8.99. The predicted molar refractivity (Wildman–Crippen MR) is 164 cm³/mol. The molecule has 12 nitrogen and oxygen atoms in total. The number of anilines is 1. The van der Waals surface area contributed by atoms with Gasteiger partial charge in [0.15, 0.2) is 5.95 Å². The summed E-state index contributed by atoms with van der Waals surface area (Å²) in [7, 11) is 0. The van der Waals surface area contributed by atoms with Gasteiger partial charge in [0.1, 0.15) is 5.76 Å². The number of cyclic esters (lactones) is 1. The highest BCUT2D eigenvalue weighted by atomic mass is 16.5. The fourth-order valence-electron chi connectivity index (χ4n) is 7.51. The van der Waals surface area contributed by atoms with E-state index >= 15 is 0 Å². The second-order valence-corrected chi connectivity index (χ2v) is 12.9. The van der Waals surface area contributed by atoms with Crippen LogP contribution in [0.4, 0.5) is 5.95 Å². The number of aromatic amines is 1. The number of esters is 1. The number of fused-ring (bicyclic) bond motifs is 1. The first-order valence-electron chi connectivity index (χ1n) is 15.2. The van der Waals surface area contributed by atoms with E-state index in [-0.39, 0.29) is 53.1 Å². The minimum atomic E-state index is -0.765. The molecule has 0 spiro atoms. The van der Waals surface area contributed by atoms with Crippen molar-refractivity contribution < 1.29 is 29.3 Å². The molecule has 2 aliphatic heterocycles. The van der Waals surface area contributed by atoms with E-state index in [0.29, 0.717) is 51.1 Å². The molecule has 6 N–H and O–H groups in total. The molecule has 7 atom stereocenters. The van der Waals surface area contributed by atoms with Gasteiger partial charge in [-0.3, -0.25) is 19.9 Å². The molecule has 0 radical (unpaired) electrons. The van der Waals surface area contributed by atoms with E-state index in [9.17, 15) is 24.6 Å². The summed E-state index contributed by atoms with van der Waals surface area (Å²) in [5.41, 5.74) is 5.28. The Hall–Kier alpha value is -3.58. The molecule has 44 heavy (non-hydrogen) atoms. The highest BCUT2D eigenvalue weighted by Crippen LogP contribution is 2.61. The summed E-state index contributed by atoms with van der Waals surface area (Å²) in [6, 6.07) is -0.757. The van der Waals surface area contributed by atoms with E-state index in [1.165, 1.54) is 12.3 Å². The molecule has 4 aliphatic rings. The van der Waals surface area contributed by atoms with Crippen LogP contribution in [0.1, 0.15) is 45.6 Å². The van der Waals surface area contributed by atoms with E-state index in [4.69, 9.17) is 15.2 Å². The number of hydrogen-bond acceptors (Lipinski definition) is 10. The van der Waals surface area contributed by atoms with E-state index in [1.807, 2.05) is 19.9 Å². The molecule has 238 valence electrons. The monoisotopic (exact) mass is 609 g/mol. The molecule has 3 fully saturated rings. The van der Waals surface area contributed by atoms with Crippen LogP contribution in [-0.4, -0.2) is 88.1 Å². The summed E-state index contributed by atoms with van der Waals surface area (Å²) in [6.45, 7) is 12.4. The molecule has 1 saturated heterocycles. The number of aliphatic hydroxyl groups is 2. The number of allylic oxidation sites excluding steroid dienone is 2. The molecule has 0 aromatic carbocycles. The van der Waals surface area contributed by atoms with Gasteiger partial charge in [-0.2, -0.15) is 0 Å². The minimum absolute atomic E-state index is 0.0107. The van der Waals surface area contributed by atoms with Gasteiger partial charge in [0.25, 0.3) is 5.56 Å². The summed E-state index contributed by atoms with van der Waals surface area (Å²) >= 11 is 0. The lowest BCUT2D eigenvalue weighted by molar-refractivity contribution is -0.150. The maximum atomic E-state index is 13.3. The summed E-state index contributed by atoms with van der Waals surface area (Å²) in [6.07, 6.45) is 9.06. The number of ether oxygens (including phenoxy) is 2. The maximum Gasteiger partial charge on any atom is 0.343 e. The van der Waals surface area contributed by atoms with E-state index < -0.39 is 29.1 Å². The van der Waals surface area contributed by atoms with Crippen molar-refractivity contribution in [1.29, 1.82) is 0 Å². The van der Waals surface area contributed by atoms with Crippen molar-refractivity contribution in [3.05, 3.63) is 63.8 Å². The zero-order valence-corrected chi connectivity index (χ0v) is 25.5. The molecule has 4 unspecified atom stereocenters. The molecule has 12 heteroatoms. The first-order chi connectivity index (χ1) is 20.9. The zero-order chi connectivity index (χ0) is 31.8. The second kappa shape index (κ2) is 12.4. The van der Waals surface area contributed by atoms with Crippen molar-refractivity contribution in [2.45, 2.75) is 58.2 Å². The van der Waals surface area contributed by atoms with Crippen molar-refractivity contribution in [3.8, 4) is 0 Å². The Bertz CT molecular complexity index is 1460. The number of rotatable bonds is 7. The van der Waals surface area contributed by atoms with Crippen LogP contribution in [-0.2, 0) is 19.1 Å². The molecule has 3 heterocycles. The van der Waals surface area contributed by atoms with E-state index in [2.05, 4.69) is 28.8 Å². The largest absolute Gasteiger partial charge is 0.423 e. The van der Waals surface area contributed by atoms with Crippen LogP contribution in [0, 0.1) is 22.7 Å². The number of carbonyl (C=O) groups is 2. The Labute approximate surface area is 256 Å². The quantitative estimate of drug-likeness (QED) is 0.223. The van der Waals surface area contributed by atoms with Gasteiger partial charge in [0, 0.05) is 36.7 Å². The van der Waals surface area contributed by atoms with Crippen LogP contribution in [0.3, 0.4) is 0 Å². The Morgan fingerprint density at radius 3 is 2.75 bits per heavy atom. The zero-order valence-electron chi connectivity index (χ0n) is 25.5. The van der Waals surface area contributed by atoms with Gasteiger partial charge in [-0.15, -0.1) is 0 Å². The van der Waals surface area contributed by atoms with Gasteiger partial charge in [0.05, 0.1) is 43.1 Å². The van der Waals surface area contributed by atoms with Gasteiger partial charge < -0.3 is 30.3 Å².